The molecule has 140 valence electrons. The Bertz CT molecular complexity index is 913. The maximum absolute atomic E-state index is 12.5. The van der Waals surface area contributed by atoms with E-state index in [4.69, 9.17) is 4.74 Å². The summed E-state index contributed by atoms with van der Waals surface area (Å²) >= 11 is 1.25. The normalized spacial score (nSPS) is 10.6. The molecule has 3 aromatic rings. The summed E-state index contributed by atoms with van der Waals surface area (Å²) < 4.78 is 6.85. The van der Waals surface area contributed by atoms with Gasteiger partial charge in [0.1, 0.15) is 11.5 Å². The first-order valence-corrected chi connectivity index (χ1v) is 9.13. The molecule has 0 bridgehead atoms. The topological polar surface area (TPSA) is 93.4 Å². The predicted octanol–water partition coefficient (Wildman–Crippen LogP) is 2.13. The third-order valence-corrected chi connectivity index (χ3v) is 4.79. The zero-order chi connectivity index (χ0) is 19.2. The molecule has 1 aromatic heterocycles. The number of ether oxygens (including phenoxy) is 1. The van der Waals surface area contributed by atoms with Gasteiger partial charge in [-0.25, -0.2) is 0 Å². The van der Waals surface area contributed by atoms with Crippen molar-refractivity contribution in [3.8, 4) is 17.2 Å². The van der Waals surface area contributed by atoms with E-state index in [2.05, 4.69) is 15.5 Å². The molecule has 0 saturated carbocycles. The highest BCUT2D eigenvalue weighted by molar-refractivity contribution is 7.99. The van der Waals surface area contributed by atoms with Crippen LogP contribution in [0, 0.1) is 0 Å². The molecule has 27 heavy (non-hydrogen) atoms. The highest BCUT2D eigenvalue weighted by atomic mass is 32.2. The van der Waals surface area contributed by atoms with Crippen LogP contribution in [-0.2, 0) is 11.3 Å². The molecule has 0 atom stereocenters. The number of carbonyl (C=O) groups excluding carboxylic acids is 1. The molecule has 0 spiro atoms. The summed E-state index contributed by atoms with van der Waals surface area (Å²) in [5.41, 5.74) is 1.64. The molecule has 8 nitrogen and oxygen atoms in total. The number of hydrogen-bond donors (Lipinski definition) is 1. The summed E-state index contributed by atoms with van der Waals surface area (Å²) in [6.07, 6.45) is 0. The zero-order valence-electron chi connectivity index (χ0n) is 14.9. The Balaban J connectivity index is 1.62. The van der Waals surface area contributed by atoms with Crippen LogP contribution < -0.4 is 4.74 Å². The van der Waals surface area contributed by atoms with Crippen molar-refractivity contribution < 1.29 is 14.6 Å². The highest BCUT2D eigenvalue weighted by Gasteiger charge is 2.15. The first-order chi connectivity index (χ1) is 13.1. The molecule has 0 aliphatic heterocycles. The Morgan fingerprint density at radius 2 is 1.96 bits per heavy atom. The molecule has 0 aliphatic carbocycles. The van der Waals surface area contributed by atoms with Gasteiger partial charge in [0.2, 0.25) is 11.1 Å². The van der Waals surface area contributed by atoms with Gasteiger partial charge >= 0.3 is 0 Å². The quantitative estimate of drug-likeness (QED) is 0.623. The molecule has 1 N–H and O–H groups in total. The van der Waals surface area contributed by atoms with Crippen molar-refractivity contribution in [2.45, 2.75) is 11.7 Å². The second-order valence-corrected chi connectivity index (χ2v) is 6.68. The molecular formula is C18H19N5O3S. The third kappa shape index (κ3) is 4.56. The third-order valence-electron chi connectivity index (χ3n) is 3.89. The second-order valence-electron chi connectivity index (χ2n) is 5.74. The van der Waals surface area contributed by atoms with E-state index in [1.54, 1.807) is 43.3 Å². The highest BCUT2D eigenvalue weighted by Crippen LogP contribution is 2.22. The van der Waals surface area contributed by atoms with Gasteiger partial charge < -0.3 is 14.7 Å². The van der Waals surface area contributed by atoms with Gasteiger partial charge in [0.15, 0.2) is 0 Å². The number of nitrogens with zero attached hydrogens (tertiary/aromatic N) is 5. The molecule has 1 amide bonds. The van der Waals surface area contributed by atoms with Gasteiger partial charge in [-0.3, -0.25) is 4.79 Å². The van der Waals surface area contributed by atoms with Gasteiger partial charge in [-0.15, -0.1) is 5.10 Å². The molecule has 3 rings (SSSR count). The van der Waals surface area contributed by atoms with Crippen molar-refractivity contribution in [1.29, 1.82) is 0 Å². The maximum atomic E-state index is 12.5. The Morgan fingerprint density at radius 1 is 1.22 bits per heavy atom. The van der Waals surface area contributed by atoms with Crippen LogP contribution in [0.15, 0.2) is 53.7 Å². The number of aromatic hydroxyl groups is 1. The number of carbonyl (C=O) groups is 1. The van der Waals surface area contributed by atoms with Crippen molar-refractivity contribution in [2.75, 3.05) is 19.9 Å². The van der Waals surface area contributed by atoms with Gasteiger partial charge in [0.25, 0.3) is 0 Å². The molecule has 9 heteroatoms. The summed E-state index contributed by atoms with van der Waals surface area (Å²) in [5.74, 6) is 1.06. The summed E-state index contributed by atoms with van der Waals surface area (Å²) in [5, 5.41) is 21.5. The number of phenols is 1. The van der Waals surface area contributed by atoms with Crippen LogP contribution in [0.5, 0.6) is 11.5 Å². The zero-order valence-corrected chi connectivity index (χ0v) is 15.8. The first kappa shape index (κ1) is 18.7. The van der Waals surface area contributed by atoms with E-state index in [1.165, 1.54) is 16.4 Å². The number of methoxy groups -OCH3 is 1. The largest absolute Gasteiger partial charge is 0.508 e. The Kier molecular flexibility index (Phi) is 5.92. The minimum Gasteiger partial charge on any atom is -0.508 e. The minimum absolute atomic E-state index is 0.0498. The van der Waals surface area contributed by atoms with Crippen molar-refractivity contribution in [3.63, 3.8) is 0 Å². The van der Waals surface area contributed by atoms with E-state index >= 15 is 0 Å². The molecule has 1 heterocycles. The summed E-state index contributed by atoms with van der Waals surface area (Å²) in [6.45, 7) is 0.451. The number of aromatic nitrogens is 4. The molecular weight excluding hydrogens is 366 g/mol. The SMILES string of the molecule is COc1ccccc1CN(C)C(=O)CSc1nnnn1-c1ccc(O)cc1. The first-order valence-electron chi connectivity index (χ1n) is 8.15. The van der Waals surface area contributed by atoms with Gasteiger partial charge in [-0.2, -0.15) is 4.68 Å². The lowest BCUT2D eigenvalue weighted by Crippen LogP contribution is -2.28. The number of para-hydroxylation sites is 1. The van der Waals surface area contributed by atoms with Crippen LogP contribution in [0.4, 0.5) is 0 Å². The number of benzene rings is 2. The van der Waals surface area contributed by atoms with Crippen LogP contribution in [0.3, 0.4) is 0 Å². The van der Waals surface area contributed by atoms with Crippen molar-refractivity contribution in [3.05, 3.63) is 54.1 Å². The van der Waals surface area contributed by atoms with Gasteiger partial charge in [-0.1, -0.05) is 30.0 Å². The van der Waals surface area contributed by atoms with Crippen LogP contribution >= 0.6 is 11.8 Å². The summed E-state index contributed by atoms with van der Waals surface area (Å²) in [6, 6.07) is 14.1. The van der Waals surface area contributed by atoms with Crippen molar-refractivity contribution in [2.24, 2.45) is 0 Å². The smallest absolute Gasteiger partial charge is 0.233 e. The van der Waals surface area contributed by atoms with Gasteiger partial charge in [0, 0.05) is 19.2 Å². The van der Waals surface area contributed by atoms with E-state index in [0.717, 1.165) is 11.3 Å². The Labute approximate surface area is 160 Å². The van der Waals surface area contributed by atoms with Crippen molar-refractivity contribution in [1.82, 2.24) is 25.1 Å². The van der Waals surface area contributed by atoms with Gasteiger partial charge in [-0.05, 0) is 40.8 Å². The van der Waals surface area contributed by atoms with E-state index < -0.39 is 0 Å². The maximum Gasteiger partial charge on any atom is 0.233 e. The number of tetrazole rings is 1. The average molecular weight is 385 g/mol. The average Bonchev–Trinajstić information content (AvgIpc) is 3.15. The lowest BCUT2D eigenvalue weighted by Gasteiger charge is -2.18. The number of thioether (sulfide) groups is 1. The Hall–Kier alpha value is -3.07. The standard InChI is InChI=1S/C18H19N5O3S/c1-22(11-13-5-3-4-6-16(13)26-2)17(25)12-27-18-19-20-21-23(18)14-7-9-15(24)10-8-14/h3-10,24H,11-12H2,1-2H3. The molecule has 0 aliphatic rings. The number of amides is 1. The molecule has 0 radical (unpaired) electrons. The lowest BCUT2D eigenvalue weighted by atomic mass is 10.2. The van der Waals surface area contributed by atoms with Crippen LogP contribution in [0.25, 0.3) is 5.69 Å². The van der Waals surface area contributed by atoms with E-state index in [1.807, 2.05) is 24.3 Å². The molecule has 0 saturated heterocycles. The van der Waals surface area contributed by atoms with Crippen LogP contribution in [0.2, 0.25) is 0 Å². The van der Waals surface area contributed by atoms with Gasteiger partial charge in [0.05, 0.1) is 18.6 Å². The molecule has 0 fully saturated rings. The number of phenolic OH excluding ortho intramolecular Hbond substituents is 1. The number of hydrogen-bond acceptors (Lipinski definition) is 7. The minimum atomic E-state index is -0.0498. The van der Waals surface area contributed by atoms with E-state index in [0.29, 0.717) is 17.4 Å². The predicted molar refractivity (Wildman–Crippen MR) is 101 cm³/mol. The molecule has 0 unspecified atom stereocenters. The van der Waals surface area contributed by atoms with E-state index in [-0.39, 0.29) is 17.4 Å². The monoisotopic (exact) mass is 385 g/mol. The van der Waals surface area contributed by atoms with Crippen LogP contribution in [0.1, 0.15) is 5.56 Å². The van der Waals surface area contributed by atoms with Crippen molar-refractivity contribution >= 4 is 17.7 Å². The Morgan fingerprint density at radius 3 is 2.70 bits per heavy atom. The summed E-state index contributed by atoms with van der Waals surface area (Å²) in [4.78, 5) is 14.1. The molecule has 2 aromatic carbocycles. The lowest BCUT2D eigenvalue weighted by molar-refractivity contribution is -0.127. The second kappa shape index (κ2) is 8.54. The fourth-order valence-corrected chi connectivity index (χ4v) is 3.27. The summed E-state index contributed by atoms with van der Waals surface area (Å²) in [7, 11) is 3.36. The fourth-order valence-electron chi connectivity index (χ4n) is 2.44. The fraction of sp³-hybridized carbons (Fsp3) is 0.222. The van der Waals surface area contributed by atoms with E-state index in [9.17, 15) is 9.90 Å². The number of rotatable bonds is 7. The van der Waals surface area contributed by atoms with Crippen LogP contribution in [-0.4, -0.2) is 56.0 Å².